The van der Waals surface area contributed by atoms with Crippen molar-refractivity contribution in [3.05, 3.63) is 93.2 Å². The minimum Gasteiger partial charge on any atom is -0.374 e. The third-order valence-corrected chi connectivity index (χ3v) is 9.58. The number of rotatable bonds is 9. The Bertz CT molecular complexity index is 1350. The van der Waals surface area contributed by atoms with Crippen LogP contribution in [0.4, 0.5) is 10.2 Å². The van der Waals surface area contributed by atoms with E-state index in [2.05, 4.69) is 49.4 Å². The lowest BCUT2D eigenvalue weighted by atomic mass is 9.72. The molecule has 5 rings (SSSR count). The molecule has 0 saturated carbocycles. The van der Waals surface area contributed by atoms with Gasteiger partial charge in [-0.3, -0.25) is 9.69 Å². The summed E-state index contributed by atoms with van der Waals surface area (Å²) >= 11 is 2.82. The summed E-state index contributed by atoms with van der Waals surface area (Å²) < 4.78 is 16.5. The van der Waals surface area contributed by atoms with Gasteiger partial charge in [0.2, 0.25) is 5.91 Å². The standard InChI is InChI=1S/C29H32FN7OS2/c1-20-7-12-32-23(17-20)36-28-34-18-24(40-28)39-22-8-13-33-26(25(22)30)27(38)35-19-29(21-5-3-2-4-6-21)9-14-37(15-10-29)16-11-31/h2-8,12-13,17-18,26,28,33-34H,9-10,14-16,19H2,1H3,(H,32,36)(H,35,38). The molecule has 4 N–H and O–H groups in total. The minimum atomic E-state index is -1.09. The van der Waals surface area contributed by atoms with E-state index in [4.69, 9.17) is 5.26 Å². The molecule has 1 aromatic carbocycles. The molecule has 2 aromatic rings. The van der Waals surface area contributed by atoms with Crippen LogP contribution in [0, 0.1) is 18.3 Å². The van der Waals surface area contributed by atoms with Crippen molar-refractivity contribution in [2.45, 2.75) is 36.7 Å². The monoisotopic (exact) mass is 577 g/mol. The van der Waals surface area contributed by atoms with Gasteiger partial charge in [0.1, 0.15) is 11.6 Å². The maximum absolute atomic E-state index is 15.6. The van der Waals surface area contributed by atoms with Gasteiger partial charge in [-0.25, -0.2) is 9.37 Å². The van der Waals surface area contributed by atoms with Crippen molar-refractivity contribution in [1.82, 2.24) is 25.8 Å². The highest BCUT2D eigenvalue weighted by atomic mass is 32.2. The molecule has 2 atom stereocenters. The second kappa shape index (κ2) is 12.8. The van der Waals surface area contributed by atoms with Gasteiger partial charge in [0, 0.05) is 42.4 Å². The maximum atomic E-state index is 15.6. The van der Waals surface area contributed by atoms with E-state index in [0.717, 1.165) is 47.1 Å². The summed E-state index contributed by atoms with van der Waals surface area (Å²) in [4.78, 5) is 20.1. The Labute approximate surface area is 242 Å². The second-order valence-electron chi connectivity index (χ2n) is 10.0. The zero-order chi connectivity index (χ0) is 28.0. The minimum absolute atomic E-state index is 0.126. The molecule has 0 spiro atoms. The number of aryl methyl sites for hydroxylation is 1. The smallest absolute Gasteiger partial charge is 0.249 e. The zero-order valence-electron chi connectivity index (χ0n) is 22.2. The highest BCUT2D eigenvalue weighted by Gasteiger charge is 2.38. The van der Waals surface area contributed by atoms with Crippen molar-refractivity contribution in [3.63, 3.8) is 0 Å². The fourth-order valence-electron chi connectivity index (χ4n) is 5.06. The third kappa shape index (κ3) is 6.63. The second-order valence-corrected chi connectivity index (χ2v) is 12.5. The Hall–Kier alpha value is -3.46. The molecule has 0 aliphatic carbocycles. The third-order valence-electron chi connectivity index (χ3n) is 7.33. The molecule has 1 fully saturated rings. The maximum Gasteiger partial charge on any atom is 0.249 e. The predicted molar refractivity (Wildman–Crippen MR) is 159 cm³/mol. The number of carbonyl (C=O) groups is 1. The SMILES string of the molecule is Cc1ccnc(NC2NC=C(SC3=C(F)C(C(=O)NCC4(c5ccccc5)CCN(CC#N)CC4)NC=C3)S2)c1. The Balaban J connectivity index is 1.20. The first-order valence-corrected chi connectivity index (χ1v) is 14.9. The van der Waals surface area contributed by atoms with Gasteiger partial charge >= 0.3 is 0 Å². The number of amides is 1. The van der Waals surface area contributed by atoms with Crippen LogP contribution in [0.5, 0.6) is 0 Å². The summed E-state index contributed by atoms with van der Waals surface area (Å²) in [6, 6.07) is 15.2. The zero-order valence-corrected chi connectivity index (χ0v) is 23.8. The number of anilines is 1. The number of nitrogens with one attached hydrogen (secondary N) is 4. The normalized spacial score (nSPS) is 22.1. The topological polar surface area (TPSA) is 105 Å². The molecule has 4 heterocycles. The summed E-state index contributed by atoms with van der Waals surface area (Å²) in [6.45, 7) is 4.35. The van der Waals surface area contributed by atoms with Crippen molar-refractivity contribution in [2.24, 2.45) is 0 Å². The number of allylic oxidation sites excluding steroid dienone is 1. The lowest BCUT2D eigenvalue weighted by Crippen LogP contribution is -2.52. The number of piperidine rings is 1. The molecule has 11 heteroatoms. The molecule has 1 aromatic heterocycles. The first kappa shape index (κ1) is 28.1. The van der Waals surface area contributed by atoms with Crippen molar-refractivity contribution < 1.29 is 9.18 Å². The van der Waals surface area contributed by atoms with Gasteiger partial charge in [0.15, 0.2) is 11.5 Å². The number of likely N-dealkylation sites (tertiary alicyclic amines) is 1. The fourth-order valence-corrected chi connectivity index (χ4v) is 7.19. The first-order chi connectivity index (χ1) is 19.5. The first-order valence-electron chi connectivity index (χ1n) is 13.2. The largest absolute Gasteiger partial charge is 0.374 e. The number of aromatic nitrogens is 1. The van der Waals surface area contributed by atoms with E-state index in [1.54, 1.807) is 18.5 Å². The summed E-state index contributed by atoms with van der Waals surface area (Å²) in [5.41, 5.74) is 1.87. The Morgan fingerprint density at radius 2 is 2.08 bits per heavy atom. The average molecular weight is 578 g/mol. The average Bonchev–Trinajstić information content (AvgIpc) is 3.41. The van der Waals surface area contributed by atoms with Crippen molar-refractivity contribution in [3.8, 4) is 6.07 Å². The Kier molecular flexibility index (Phi) is 8.99. The number of nitrogens with zero attached hydrogens (tertiary/aromatic N) is 3. The predicted octanol–water partition coefficient (Wildman–Crippen LogP) is 4.29. The number of hydrogen-bond donors (Lipinski definition) is 4. The fraction of sp³-hybridized carbons (Fsp3) is 0.345. The van der Waals surface area contributed by atoms with E-state index in [1.165, 1.54) is 23.5 Å². The molecule has 1 saturated heterocycles. The molecule has 8 nitrogen and oxygen atoms in total. The van der Waals surface area contributed by atoms with E-state index in [0.29, 0.717) is 18.0 Å². The van der Waals surface area contributed by atoms with Crippen LogP contribution < -0.4 is 21.3 Å². The van der Waals surface area contributed by atoms with Crippen molar-refractivity contribution >= 4 is 35.2 Å². The number of benzene rings is 1. The van der Waals surface area contributed by atoms with E-state index in [9.17, 15) is 4.79 Å². The number of nitriles is 1. The number of hydrogen-bond acceptors (Lipinski definition) is 9. The molecular weight excluding hydrogens is 545 g/mol. The highest BCUT2D eigenvalue weighted by molar-refractivity contribution is 8.24. The number of carbonyl (C=O) groups excluding carboxylic acids is 1. The van der Waals surface area contributed by atoms with E-state index < -0.39 is 17.8 Å². The highest BCUT2D eigenvalue weighted by Crippen LogP contribution is 2.42. The quantitative estimate of drug-likeness (QED) is 0.325. The van der Waals surface area contributed by atoms with Crippen LogP contribution in [0.15, 0.2) is 82.1 Å². The molecule has 3 aliphatic rings. The summed E-state index contributed by atoms with van der Waals surface area (Å²) in [7, 11) is 0. The van der Waals surface area contributed by atoms with Gasteiger partial charge in [-0.15, -0.1) is 0 Å². The van der Waals surface area contributed by atoms with Gasteiger partial charge in [-0.1, -0.05) is 53.9 Å². The van der Waals surface area contributed by atoms with E-state index in [-0.39, 0.29) is 10.9 Å². The molecule has 40 heavy (non-hydrogen) atoms. The molecule has 208 valence electrons. The van der Waals surface area contributed by atoms with Gasteiger partial charge in [-0.2, -0.15) is 5.26 Å². The number of halogens is 1. The molecule has 1 amide bonds. The van der Waals surface area contributed by atoms with Crippen LogP contribution in [0.3, 0.4) is 0 Å². The van der Waals surface area contributed by atoms with Gasteiger partial charge in [0.25, 0.3) is 0 Å². The summed E-state index contributed by atoms with van der Waals surface area (Å²) in [5, 5.41) is 21.6. The molecule has 2 unspecified atom stereocenters. The van der Waals surface area contributed by atoms with Gasteiger partial charge in [-0.05, 0) is 55.3 Å². The van der Waals surface area contributed by atoms with Crippen LogP contribution in [-0.4, -0.2) is 53.5 Å². The number of pyridine rings is 1. The Morgan fingerprint density at radius 3 is 2.83 bits per heavy atom. The van der Waals surface area contributed by atoms with Gasteiger partial charge in [0.05, 0.1) is 16.9 Å². The Morgan fingerprint density at radius 1 is 1.27 bits per heavy atom. The van der Waals surface area contributed by atoms with Gasteiger partial charge < -0.3 is 21.3 Å². The van der Waals surface area contributed by atoms with Crippen LogP contribution in [0.1, 0.15) is 24.0 Å². The van der Waals surface area contributed by atoms with Crippen molar-refractivity contribution in [1.29, 1.82) is 5.26 Å². The molecule has 0 radical (unpaired) electrons. The lowest BCUT2D eigenvalue weighted by molar-refractivity contribution is -0.122. The van der Waals surface area contributed by atoms with Crippen LogP contribution in [0.25, 0.3) is 0 Å². The summed E-state index contributed by atoms with van der Waals surface area (Å²) in [6.07, 6.45) is 8.50. The van der Waals surface area contributed by atoms with Crippen LogP contribution in [-0.2, 0) is 10.2 Å². The molecule has 3 aliphatic heterocycles. The summed E-state index contributed by atoms with van der Waals surface area (Å²) in [5.74, 6) is -0.135. The molecule has 0 bridgehead atoms. The van der Waals surface area contributed by atoms with Crippen molar-refractivity contribution in [2.75, 3.05) is 31.5 Å². The van der Waals surface area contributed by atoms with Crippen LogP contribution in [0.2, 0.25) is 0 Å². The van der Waals surface area contributed by atoms with E-state index >= 15 is 4.39 Å². The van der Waals surface area contributed by atoms with Crippen LogP contribution >= 0.6 is 23.5 Å². The number of thioether (sulfide) groups is 2. The molecular formula is C29H32FN7OS2. The lowest BCUT2D eigenvalue weighted by Gasteiger charge is -2.42. The number of dihydropyridines is 1. The van der Waals surface area contributed by atoms with E-state index in [1.807, 2.05) is 43.5 Å².